The van der Waals surface area contributed by atoms with Gasteiger partial charge in [0.2, 0.25) is 5.65 Å². The number of rotatable bonds is 3. The number of hydrogen-bond acceptors (Lipinski definition) is 7. The lowest BCUT2D eigenvalue weighted by atomic mass is 10.1. The quantitative estimate of drug-likeness (QED) is 0.552. The summed E-state index contributed by atoms with van der Waals surface area (Å²) in [4.78, 5) is 19.1. The van der Waals surface area contributed by atoms with E-state index in [4.69, 9.17) is 0 Å². The van der Waals surface area contributed by atoms with Gasteiger partial charge in [0.1, 0.15) is 0 Å². The van der Waals surface area contributed by atoms with Crippen LogP contribution in [-0.4, -0.2) is 60.1 Å². The smallest absolute Gasteiger partial charge is 0.253 e. The van der Waals surface area contributed by atoms with Gasteiger partial charge in [-0.25, -0.2) is 4.98 Å². The Morgan fingerprint density at radius 1 is 1.07 bits per heavy atom. The highest BCUT2D eigenvalue weighted by atomic mass is 16.3. The molecular formula is C20H19N7O2. The third kappa shape index (κ3) is 3.25. The van der Waals surface area contributed by atoms with Crippen molar-refractivity contribution in [1.29, 1.82) is 0 Å². The van der Waals surface area contributed by atoms with E-state index in [1.54, 1.807) is 21.5 Å². The van der Waals surface area contributed by atoms with Crippen LogP contribution < -0.4 is 5.32 Å². The van der Waals surface area contributed by atoms with Crippen LogP contribution in [0.1, 0.15) is 23.2 Å². The second-order valence-electron chi connectivity index (χ2n) is 7.09. The highest BCUT2D eigenvalue weighted by molar-refractivity contribution is 5.94. The van der Waals surface area contributed by atoms with E-state index in [-0.39, 0.29) is 12.0 Å². The van der Waals surface area contributed by atoms with Crippen LogP contribution in [0.3, 0.4) is 0 Å². The molecule has 0 atom stereocenters. The molecule has 2 aromatic heterocycles. The molecule has 3 heterocycles. The number of carbonyl (C=O) groups is 1. The van der Waals surface area contributed by atoms with Gasteiger partial charge in [0, 0.05) is 24.3 Å². The molecule has 1 aliphatic rings. The van der Waals surface area contributed by atoms with Crippen LogP contribution in [0.4, 0.5) is 11.5 Å². The third-order valence-electron chi connectivity index (χ3n) is 5.17. The molecule has 1 aliphatic heterocycles. The second-order valence-corrected chi connectivity index (χ2v) is 7.09. The van der Waals surface area contributed by atoms with Crippen molar-refractivity contribution in [3.05, 3.63) is 54.1 Å². The van der Waals surface area contributed by atoms with Crippen molar-refractivity contribution in [2.45, 2.75) is 18.9 Å². The number of para-hydroxylation sites is 2. The van der Waals surface area contributed by atoms with Gasteiger partial charge in [0.15, 0.2) is 5.82 Å². The maximum Gasteiger partial charge on any atom is 0.253 e. The van der Waals surface area contributed by atoms with Crippen LogP contribution in [-0.2, 0) is 0 Å². The lowest BCUT2D eigenvalue weighted by Gasteiger charge is -2.29. The Labute approximate surface area is 166 Å². The lowest BCUT2D eigenvalue weighted by molar-refractivity contribution is 0.0546. The van der Waals surface area contributed by atoms with E-state index in [1.165, 1.54) is 0 Å². The van der Waals surface area contributed by atoms with Crippen molar-refractivity contribution < 1.29 is 9.90 Å². The molecule has 0 unspecified atom stereocenters. The first kappa shape index (κ1) is 17.5. The van der Waals surface area contributed by atoms with Crippen LogP contribution in [0.15, 0.2) is 48.5 Å². The molecule has 0 radical (unpaired) electrons. The summed E-state index contributed by atoms with van der Waals surface area (Å²) in [6, 6.07) is 14.9. The molecule has 0 bridgehead atoms. The number of anilines is 2. The number of piperidine rings is 1. The SMILES string of the molecule is O=C(c1ccc(Nc2nc3ccccc3n3nnnc23)cc1)N1CCC(O)CC1. The van der Waals surface area contributed by atoms with Gasteiger partial charge in [-0.15, -0.1) is 5.10 Å². The predicted octanol–water partition coefficient (Wildman–Crippen LogP) is 2.01. The number of fused-ring (bicyclic) bond motifs is 3. The van der Waals surface area contributed by atoms with Crippen LogP contribution in [0.2, 0.25) is 0 Å². The lowest BCUT2D eigenvalue weighted by Crippen LogP contribution is -2.40. The number of amides is 1. The van der Waals surface area contributed by atoms with Crippen molar-refractivity contribution in [3.8, 4) is 0 Å². The number of aliphatic hydroxyl groups excluding tert-OH is 1. The Kier molecular flexibility index (Phi) is 4.28. The zero-order valence-electron chi connectivity index (χ0n) is 15.6. The molecule has 2 aromatic carbocycles. The van der Waals surface area contributed by atoms with E-state index >= 15 is 0 Å². The maximum atomic E-state index is 12.6. The van der Waals surface area contributed by atoms with E-state index in [2.05, 4.69) is 25.8 Å². The molecule has 2 N–H and O–H groups in total. The van der Waals surface area contributed by atoms with Gasteiger partial charge in [-0.1, -0.05) is 12.1 Å². The number of nitrogens with one attached hydrogen (secondary N) is 1. The molecule has 29 heavy (non-hydrogen) atoms. The van der Waals surface area contributed by atoms with Crippen LogP contribution >= 0.6 is 0 Å². The number of carbonyl (C=O) groups excluding carboxylic acids is 1. The molecule has 1 amide bonds. The highest BCUT2D eigenvalue weighted by Gasteiger charge is 2.22. The molecular weight excluding hydrogens is 370 g/mol. The van der Waals surface area contributed by atoms with Gasteiger partial charge in [-0.3, -0.25) is 4.79 Å². The minimum Gasteiger partial charge on any atom is -0.393 e. The molecule has 0 aliphatic carbocycles. The fourth-order valence-electron chi connectivity index (χ4n) is 3.57. The molecule has 0 spiro atoms. The Morgan fingerprint density at radius 2 is 1.83 bits per heavy atom. The maximum absolute atomic E-state index is 12.6. The summed E-state index contributed by atoms with van der Waals surface area (Å²) in [5.74, 6) is 0.522. The first-order valence-corrected chi connectivity index (χ1v) is 9.50. The summed E-state index contributed by atoms with van der Waals surface area (Å²) < 4.78 is 1.65. The van der Waals surface area contributed by atoms with Gasteiger partial charge in [0.25, 0.3) is 5.91 Å². The minimum atomic E-state index is -0.302. The highest BCUT2D eigenvalue weighted by Crippen LogP contribution is 2.23. The number of aliphatic hydroxyl groups is 1. The van der Waals surface area contributed by atoms with E-state index in [0.29, 0.717) is 43.0 Å². The van der Waals surface area contributed by atoms with E-state index in [0.717, 1.165) is 16.7 Å². The summed E-state index contributed by atoms with van der Waals surface area (Å²) in [7, 11) is 0. The Bertz CT molecular complexity index is 1180. The van der Waals surface area contributed by atoms with Crippen molar-refractivity contribution >= 4 is 34.1 Å². The second kappa shape index (κ2) is 7.10. The summed E-state index contributed by atoms with van der Waals surface area (Å²) >= 11 is 0. The van der Waals surface area contributed by atoms with E-state index in [1.807, 2.05) is 36.4 Å². The summed E-state index contributed by atoms with van der Waals surface area (Å²) in [6.07, 6.45) is 0.951. The molecule has 1 saturated heterocycles. The first-order chi connectivity index (χ1) is 14.2. The Balaban J connectivity index is 1.40. The first-order valence-electron chi connectivity index (χ1n) is 9.50. The predicted molar refractivity (Wildman–Crippen MR) is 107 cm³/mol. The average Bonchev–Trinajstić information content (AvgIpc) is 3.25. The van der Waals surface area contributed by atoms with Crippen molar-refractivity contribution in [2.24, 2.45) is 0 Å². The molecule has 4 aromatic rings. The van der Waals surface area contributed by atoms with Gasteiger partial charge < -0.3 is 15.3 Å². The number of hydrogen-bond donors (Lipinski definition) is 2. The third-order valence-corrected chi connectivity index (χ3v) is 5.17. The van der Waals surface area contributed by atoms with Gasteiger partial charge in [0.05, 0.1) is 17.1 Å². The minimum absolute atomic E-state index is 0.0173. The molecule has 9 heteroatoms. The molecule has 1 fully saturated rings. The summed E-state index contributed by atoms with van der Waals surface area (Å²) in [5, 5.41) is 24.7. The number of nitrogens with zero attached hydrogens (tertiary/aromatic N) is 6. The zero-order valence-corrected chi connectivity index (χ0v) is 15.6. The summed E-state index contributed by atoms with van der Waals surface area (Å²) in [6.45, 7) is 1.16. The Morgan fingerprint density at radius 3 is 2.62 bits per heavy atom. The fraction of sp³-hybridized carbons (Fsp3) is 0.250. The largest absolute Gasteiger partial charge is 0.393 e. The summed E-state index contributed by atoms with van der Waals surface area (Å²) in [5.41, 5.74) is 3.52. The van der Waals surface area contributed by atoms with Crippen LogP contribution in [0, 0.1) is 0 Å². The average molecular weight is 389 g/mol. The van der Waals surface area contributed by atoms with Gasteiger partial charge in [-0.2, -0.15) is 4.52 Å². The monoisotopic (exact) mass is 389 g/mol. The normalized spacial score (nSPS) is 15.1. The molecule has 9 nitrogen and oxygen atoms in total. The zero-order chi connectivity index (χ0) is 19.8. The molecule has 5 rings (SSSR count). The Hall–Kier alpha value is -3.59. The standard InChI is InChI=1S/C20H19N7O2/c28-15-9-11-26(12-10-15)20(29)13-5-7-14(8-6-13)21-18-19-23-24-25-27(19)17-4-2-1-3-16(17)22-18/h1-8,15,28H,9-12H2,(H,21,22). The van der Waals surface area contributed by atoms with E-state index < -0.39 is 0 Å². The van der Waals surface area contributed by atoms with Crippen molar-refractivity contribution in [2.75, 3.05) is 18.4 Å². The van der Waals surface area contributed by atoms with Crippen LogP contribution in [0.5, 0.6) is 0 Å². The van der Waals surface area contributed by atoms with Gasteiger partial charge in [-0.05, 0) is 59.7 Å². The topological polar surface area (TPSA) is 109 Å². The number of tetrazole rings is 1. The van der Waals surface area contributed by atoms with Crippen molar-refractivity contribution in [1.82, 2.24) is 29.9 Å². The number of likely N-dealkylation sites (tertiary alicyclic amines) is 1. The molecule has 0 saturated carbocycles. The van der Waals surface area contributed by atoms with Gasteiger partial charge >= 0.3 is 0 Å². The number of aromatic nitrogens is 5. The van der Waals surface area contributed by atoms with E-state index in [9.17, 15) is 9.90 Å². The van der Waals surface area contributed by atoms with Crippen molar-refractivity contribution in [3.63, 3.8) is 0 Å². The molecule has 146 valence electrons. The fourth-order valence-corrected chi connectivity index (χ4v) is 3.57. The number of benzene rings is 2. The van der Waals surface area contributed by atoms with Crippen LogP contribution in [0.25, 0.3) is 16.7 Å².